The molecule has 0 aliphatic carbocycles. The summed E-state index contributed by atoms with van der Waals surface area (Å²) in [6.45, 7) is 0.438. The summed E-state index contributed by atoms with van der Waals surface area (Å²) in [4.78, 5) is 5.45. The zero-order valence-electron chi connectivity index (χ0n) is 10.6. The predicted octanol–water partition coefficient (Wildman–Crippen LogP) is 4.14. The maximum absolute atomic E-state index is 6.00. The largest absolute Gasteiger partial charge is 0.483 e. The van der Waals surface area contributed by atoms with Crippen LogP contribution in [-0.4, -0.2) is 11.5 Å². The van der Waals surface area contributed by atoms with Gasteiger partial charge in [0.05, 0.1) is 5.52 Å². The highest BCUT2D eigenvalue weighted by atomic mass is 79.9. The Balaban J connectivity index is 1.87. The van der Waals surface area contributed by atoms with Crippen LogP contribution >= 0.6 is 27.3 Å². The molecule has 0 aliphatic rings. The number of pyridine rings is 1. The van der Waals surface area contributed by atoms with Gasteiger partial charge in [-0.2, -0.15) is 0 Å². The average Bonchev–Trinajstić information content (AvgIpc) is 2.91. The lowest BCUT2D eigenvalue weighted by Gasteiger charge is -2.16. The van der Waals surface area contributed by atoms with E-state index in [-0.39, 0.29) is 6.10 Å². The summed E-state index contributed by atoms with van der Waals surface area (Å²) in [6.07, 6.45) is 1.65. The van der Waals surface area contributed by atoms with Gasteiger partial charge in [-0.25, -0.2) is 0 Å². The second kappa shape index (κ2) is 5.91. The Hall–Kier alpha value is -1.43. The Kier molecular flexibility index (Phi) is 4.00. The highest BCUT2D eigenvalue weighted by molar-refractivity contribution is 9.10. The molecule has 1 atom stereocenters. The van der Waals surface area contributed by atoms with Crippen molar-refractivity contribution in [1.82, 2.24) is 4.98 Å². The lowest BCUT2D eigenvalue weighted by molar-refractivity contribution is 0.218. The van der Waals surface area contributed by atoms with Crippen LogP contribution in [0.2, 0.25) is 0 Å². The van der Waals surface area contributed by atoms with E-state index in [4.69, 9.17) is 10.5 Å². The quantitative estimate of drug-likeness (QED) is 0.770. The van der Waals surface area contributed by atoms with Gasteiger partial charge in [0.2, 0.25) is 0 Å². The van der Waals surface area contributed by atoms with Crippen LogP contribution in [0.15, 0.2) is 52.4 Å². The Morgan fingerprint density at radius 2 is 2.20 bits per heavy atom. The minimum absolute atomic E-state index is 0.132. The van der Waals surface area contributed by atoms with Crippen molar-refractivity contribution in [2.45, 2.75) is 6.10 Å². The standard InChI is InChI=1S/C15H13BrN2OS/c16-11-6-15(20-9-11)14(8-17)19-12-4-3-10-2-1-5-18-13(10)7-12/h1-7,9,14H,8,17H2. The molecule has 102 valence electrons. The first-order valence-corrected chi connectivity index (χ1v) is 7.89. The number of thiophene rings is 1. The molecule has 0 fully saturated rings. The van der Waals surface area contributed by atoms with Crippen LogP contribution in [0, 0.1) is 0 Å². The van der Waals surface area contributed by atoms with E-state index < -0.39 is 0 Å². The smallest absolute Gasteiger partial charge is 0.145 e. The number of aromatic nitrogens is 1. The van der Waals surface area contributed by atoms with Gasteiger partial charge in [0, 0.05) is 38.9 Å². The molecule has 2 aromatic heterocycles. The maximum atomic E-state index is 6.00. The third kappa shape index (κ3) is 2.85. The van der Waals surface area contributed by atoms with Crippen LogP contribution in [-0.2, 0) is 0 Å². The molecule has 20 heavy (non-hydrogen) atoms. The Labute approximate surface area is 129 Å². The van der Waals surface area contributed by atoms with E-state index in [1.165, 1.54) is 0 Å². The van der Waals surface area contributed by atoms with E-state index in [1.54, 1.807) is 17.5 Å². The van der Waals surface area contributed by atoms with Crippen molar-refractivity contribution in [2.24, 2.45) is 5.73 Å². The van der Waals surface area contributed by atoms with Gasteiger partial charge in [-0.15, -0.1) is 11.3 Å². The lowest BCUT2D eigenvalue weighted by Crippen LogP contribution is -2.17. The van der Waals surface area contributed by atoms with Gasteiger partial charge in [-0.05, 0) is 40.2 Å². The second-order valence-corrected chi connectivity index (χ2v) is 6.23. The molecular weight excluding hydrogens is 336 g/mol. The normalized spacial score (nSPS) is 12.5. The topological polar surface area (TPSA) is 48.1 Å². The van der Waals surface area contributed by atoms with E-state index in [2.05, 4.69) is 20.9 Å². The maximum Gasteiger partial charge on any atom is 0.145 e. The summed E-state index contributed by atoms with van der Waals surface area (Å²) in [5, 5.41) is 3.13. The SMILES string of the molecule is NCC(Oc1ccc2cccnc2c1)c1cc(Br)cs1. The van der Waals surface area contributed by atoms with Gasteiger partial charge < -0.3 is 10.5 Å². The summed E-state index contributed by atoms with van der Waals surface area (Å²) in [5.74, 6) is 0.788. The van der Waals surface area contributed by atoms with Crippen LogP contribution in [0.25, 0.3) is 10.9 Å². The fraction of sp³-hybridized carbons (Fsp3) is 0.133. The number of hydrogen-bond acceptors (Lipinski definition) is 4. The summed E-state index contributed by atoms with van der Waals surface area (Å²) in [6, 6.07) is 11.9. The summed E-state index contributed by atoms with van der Waals surface area (Å²) in [5.41, 5.74) is 6.75. The first-order chi connectivity index (χ1) is 9.76. The highest BCUT2D eigenvalue weighted by Crippen LogP contribution is 2.29. The van der Waals surface area contributed by atoms with Crippen molar-refractivity contribution in [2.75, 3.05) is 6.54 Å². The van der Waals surface area contributed by atoms with Gasteiger partial charge in [0.1, 0.15) is 11.9 Å². The number of hydrogen-bond donors (Lipinski definition) is 1. The summed E-state index contributed by atoms with van der Waals surface area (Å²) >= 11 is 5.09. The molecule has 1 unspecified atom stereocenters. The molecule has 0 saturated carbocycles. The fourth-order valence-corrected chi connectivity index (χ4v) is 3.49. The lowest BCUT2D eigenvalue weighted by atomic mass is 10.2. The van der Waals surface area contributed by atoms with Crippen molar-refractivity contribution < 1.29 is 4.74 Å². The molecule has 0 saturated heterocycles. The van der Waals surface area contributed by atoms with Crippen LogP contribution in [0.5, 0.6) is 5.75 Å². The van der Waals surface area contributed by atoms with Gasteiger partial charge in [0.25, 0.3) is 0 Å². The summed E-state index contributed by atoms with van der Waals surface area (Å²) < 4.78 is 7.05. The highest BCUT2D eigenvalue weighted by Gasteiger charge is 2.14. The Morgan fingerprint density at radius 1 is 1.30 bits per heavy atom. The average molecular weight is 349 g/mol. The zero-order valence-corrected chi connectivity index (χ0v) is 13.0. The molecule has 2 heterocycles. The van der Waals surface area contributed by atoms with E-state index in [0.29, 0.717) is 6.54 Å². The monoisotopic (exact) mass is 348 g/mol. The first kappa shape index (κ1) is 13.5. The van der Waals surface area contributed by atoms with Crippen LogP contribution in [0.1, 0.15) is 11.0 Å². The molecule has 0 amide bonds. The molecule has 0 bridgehead atoms. The molecule has 5 heteroatoms. The van der Waals surface area contributed by atoms with Crippen molar-refractivity contribution in [3.63, 3.8) is 0 Å². The van der Waals surface area contributed by atoms with Gasteiger partial charge in [-0.1, -0.05) is 6.07 Å². The summed E-state index contributed by atoms with van der Waals surface area (Å²) in [7, 11) is 0. The van der Waals surface area contributed by atoms with Crippen LogP contribution in [0.3, 0.4) is 0 Å². The zero-order chi connectivity index (χ0) is 13.9. The van der Waals surface area contributed by atoms with Crippen molar-refractivity contribution in [3.05, 3.63) is 57.3 Å². The number of fused-ring (bicyclic) bond motifs is 1. The van der Waals surface area contributed by atoms with Gasteiger partial charge in [0.15, 0.2) is 0 Å². The molecule has 0 spiro atoms. The van der Waals surface area contributed by atoms with E-state index in [9.17, 15) is 0 Å². The molecule has 0 aliphatic heterocycles. The number of halogens is 1. The molecular formula is C15H13BrN2OS. The van der Waals surface area contributed by atoms with Crippen LogP contribution < -0.4 is 10.5 Å². The van der Waals surface area contributed by atoms with E-state index >= 15 is 0 Å². The molecule has 0 radical (unpaired) electrons. The van der Waals surface area contributed by atoms with Crippen molar-refractivity contribution in [3.8, 4) is 5.75 Å². The van der Waals surface area contributed by atoms with E-state index in [0.717, 1.165) is 26.0 Å². The molecule has 3 aromatic rings. The van der Waals surface area contributed by atoms with Crippen LogP contribution in [0.4, 0.5) is 0 Å². The number of ether oxygens (including phenoxy) is 1. The van der Waals surface area contributed by atoms with Gasteiger partial charge in [-0.3, -0.25) is 4.98 Å². The Bertz CT molecular complexity index is 728. The Morgan fingerprint density at radius 3 is 2.95 bits per heavy atom. The third-order valence-electron chi connectivity index (χ3n) is 2.97. The number of rotatable bonds is 4. The number of benzene rings is 1. The molecule has 3 rings (SSSR count). The van der Waals surface area contributed by atoms with Crippen molar-refractivity contribution in [1.29, 1.82) is 0 Å². The molecule has 2 N–H and O–H groups in total. The second-order valence-electron chi connectivity index (χ2n) is 4.37. The minimum atomic E-state index is -0.132. The third-order valence-corrected chi connectivity index (χ3v) is 4.76. The number of nitrogens with two attached hydrogens (primary N) is 1. The molecule has 3 nitrogen and oxygen atoms in total. The fourth-order valence-electron chi connectivity index (χ4n) is 2.00. The van der Waals surface area contributed by atoms with Crippen molar-refractivity contribution >= 4 is 38.2 Å². The first-order valence-electron chi connectivity index (χ1n) is 6.22. The molecule has 1 aromatic carbocycles. The number of nitrogens with zero attached hydrogens (tertiary/aromatic N) is 1. The van der Waals surface area contributed by atoms with E-state index in [1.807, 2.05) is 41.8 Å². The predicted molar refractivity (Wildman–Crippen MR) is 86.2 cm³/mol. The van der Waals surface area contributed by atoms with Gasteiger partial charge >= 0.3 is 0 Å². The minimum Gasteiger partial charge on any atom is -0.483 e.